The molecule has 1 aromatic rings. The van der Waals surface area contributed by atoms with E-state index in [2.05, 4.69) is 17.4 Å². The summed E-state index contributed by atoms with van der Waals surface area (Å²) in [5.74, 6) is 1.60. The SMILES string of the molecule is COCCc1ccc(OCCNCC2CCOC2)cc1. The van der Waals surface area contributed by atoms with Gasteiger partial charge >= 0.3 is 0 Å². The van der Waals surface area contributed by atoms with Crippen molar-refractivity contribution in [3.63, 3.8) is 0 Å². The van der Waals surface area contributed by atoms with E-state index in [0.717, 1.165) is 45.1 Å². The molecular weight excluding hydrogens is 254 g/mol. The maximum absolute atomic E-state index is 5.71. The molecular formula is C16H25NO3. The number of methoxy groups -OCH3 is 1. The Labute approximate surface area is 121 Å². The molecule has 0 saturated carbocycles. The largest absolute Gasteiger partial charge is 0.492 e. The standard InChI is InChI=1S/C16H25NO3/c1-18-9-6-14-2-4-16(5-3-14)20-11-8-17-12-15-7-10-19-13-15/h2-5,15,17H,6-13H2,1H3. The van der Waals surface area contributed by atoms with Crippen molar-refractivity contribution in [2.45, 2.75) is 12.8 Å². The normalized spacial score (nSPS) is 18.4. The summed E-state index contributed by atoms with van der Waals surface area (Å²) in [6, 6.07) is 8.24. The van der Waals surface area contributed by atoms with E-state index in [1.165, 1.54) is 12.0 Å². The Morgan fingerprint density at radius 1 is 1.25 bits per heavy atom. The third-order valence-corrected chi connectivity index (χ3v) is 3.52. The van der Waals surface area contributed by atoms with Crippen LogP contribution >= 0.6 is 0 Å². The van der Waals surface area contributed by atoms with Crippen molar-refractivity contribution >= 4 is 0 Å². The first kappa shape index (κ1) is 15.3. The first-order chi connectivity index (χ1) is 9.88. The van der Waals surface area contributed by atoms with Gasteiger partial charge < -0.3 is 19.5 Å². The first-order valence-corrected chi connectivity index (χ1v) is 7.37. The van der Waals surface area contributed by atoms with Gasteiger partial charge in [0.05, 0.1) is 13.2 Å². The number of ether oxygens (including phenoxy) is 3. The summed E-state index contributed by atoms with van der Waals surface area (Å²) in [7, 11) is 1.72. The van der Waals surface area contributed by atoms with Crippen LogP contribution in [0.2, 0.25) is 0 Å². The summed E-state index contributed by atoms with van der Waals surface area (Å²) >= 11 is 0. The van der Waals surface area contributed by atoms with Gasteiger partial charge in [0.15, 0.2) is 0 Å². The van der Waals surface area contributed by atoms with E-state index in [4.69, 9.17) is 14.2 Å². The molecule has 1 N–H and O–H groups in total. The van der Waals surface area contributed by atoms with Gasteiger partial charge in [-0.1, -0.05) is 12.1 Å². The van der Waals surface area contributed by atoms with Gasteiger partial charge in [0.2, 0.25) is 0 Å². The highest BCUT2D eigenvalue weighted by Crippen LogP contribution is 2.13. The zero-order valence-corrected chi connectivity index (χ0v) is 12.3. The highest BCUT2D eigenvalue weighted by atomic mass is 16.5. The second-order valence-corrected chi connectivity index (χ2v) is 5.17. The zero-order valence-electron chi connectivity index (χ0n) is 12.3. The summed E-state index contributed by atoms with van der Waals surface area (Å²) in [6.45, 7) is 5.18. The Kier molecular flexibility index (Phi) is 6.84. The fraction of sp³-hybridized carbons (Fsp3) is 0.625. The smallest absolute Gasteiger partial charge is 0.119 e. The summed E-state index contributed by atoms with van der Waals surface area (Å²) in [4.78, 5) is 0. The topological polar surface area (TPSA) is 39.7 Å². The van der Waals surface area contributed by atoms with E-state index in [1.54, 1.807) is 7.11 Å². The molecule has 1 atom stereocenters. The van der Waals surface area contributed by atoms with Crippen LogP contribution in [0.25, 0.3) is 0 Å². The highest BCUT2D eigenvalue weighted by molar-refractivity contribution is 5.27. The van der Waals surface area contributed by atoms with Gasteiger partial charge in [0.25, 0.3) is 0 Å². The molecule has 0 bridgehead atoms. The molecule has 0 radical (unpaired) electrons. The molecule has 2 rings (SSSR count). The minimum absolute atomic E-state index is 0.676. The molecule has 0 spiro atoms. The molecule has 1 fully saturated rings. The Hall–Kier alpha value is -1.10. The molecule has 112 valence electrons. The summed E-state index contributed by atoms with van der Waals surface area (Å²) in [5.41, 5.74) is 1.28. The van der Waals surface area contributed by atoms with E-state index in [-0.39, 0.29) is 0 Å². The van der Waals surface area contributed by atoms with E-state index in [0.29, 0.717) is 12.5 Å². The number of nitrogens with one attached hydrogen (secondary N) is 1. The molecule has 4 nitrogen and oxygen atoms in total. The fourth-order valence-corrected chi connectivity index (χ4v) is 2.26. The number of hydrogen-bond donors (Lipinski definition) is 1. The Bertz CT molecular complexity index is 360. The summed E-state index contributed by atoms with van der Waals surface area (Å²) in [6.07, 6.45) is 2.12. The van der Waals surface area contributed by atoms with Crippen LogP contribution in [0, 0.1) is 5.92 Å². The Balaban J connectivity index is 1.56. The molecule has 1 heterocycles. The van der Waals surface area contributed by atoms with Crippen molar-refractivity contribution in [2.75, 3.05) is 46.6 Å². The van der Waals surface area contributed by atoms with Crippen LogP contribution < -0.4 is 10.1 Å². The van der Waals surface area contributed by atoms with Crippen LogP contribution in [0.3, 0.4) is 0 Å². The van der Waals surface area contributed by atoms with Crippen LogP contribution in [0.1, 0.15) is 12.0 Å². The number of rotatable bonds is 9. The van der Waals surface area contributed by atoms with Crippen LogP contribution in [-0.4, -0.2) is 46.6 Å². The lowest BCUT2D eigenvalue weighted by Gasteiger charge is -2.10. The van der Waals surface area contributed by atoms with Gasteiger partial charge in [-0.25, -0.2) is 0 Å². The Morgan fingerprint density at radius 2 is 2.10 bits per heavy atom. The van der Waals surface area contributed by atoms with Gasteiger partial charge in [-0.05, 0) is 36.5 Å². The highest BCUT2D eigenvalue weighted by Gasteiger charge is 2.14. The minimum atomic E-state index is 0.676. The molecule has 1 aliphatic heterocycles. The summed E-state index contributed by atoms with van der Waals surface area (Å²) in [5, 5.41) is 3.42. The molecule has 4 heteroatoms. The van der Waals surface area contributed by atoms with Crippen molar-refractivity contribution in [3.8, 4) is 5.75 Å². The van der Waals surface area contributed by atoms with Crippen LogP contribution in [-0.2, 0) is 15.9 Å². The van der Waals surface area contributed by atoms with Gasteiger partial charge in [0.1, 0.15) is 12.4 Å². The van der Waals surface area contributed by atoms with Gasteiger partial charge in [-0.15, -0.1) is 0 Å². The van der Waals surface area contributed by atoms with Crippen molar-refractivity contribution in [2.24, 2.45) is 5.92 Å². The molecule has 1 saturated heterocycles. The predicted octanol–water partition coefficient (Wildman–Crippen LogP) is 1.88. The maximum Gasteiger partial charge on any atom is 0.119 e. The molecule has 0 aromatic heterocycles. The molecule has 0 aliphatic carbocycles. The third kappa shape index (κ3) is 5.49. The van der Waals surface area contributed by atoms with E-state index in [9.17, 15) is 0 Å². The van der Waals surface area contributed by atoms with Gasteiger partial charge in [0, 0.05) is 26.8 Å². The van der Waals surface area contributed by atoms with Crippen molar-refractivity contribution in [1.29, 1.82) is 0 Å². The lowest BCUT2D eigenvalue weighted by atomic mass is 10.1. The average Bonchev–Trinajstić information content (AvgIpc) is 2.99. The molecule has 1 aliphatic rings. The quantitative estimate of drug-likeness (QED) is 0.701. The van der Waals surface area contributed by atoms with Crippen molar-refractivity contribution in [3.05, 3.63) is 29.8 Å². The predicted molar refractivity (Wildman–Crippen MR) is 79.3 cm³/mol. The van der Waals surface area contributed by atoms with E-state index in [1.807, 2.05) is 12.1 Å². The van der Waals surface area contributed by atoms with Gasteiger partial charge in [-0.3, -0.25) is 0 Å². The molecule has 0 amide bonds. The number of hydrogen-bond acceptors (Lipinski definition) is 4. The monoisotopic (exact) mass is 279 g/mol. The average molecular weight is 279 g/mol. The van der Waals surface area contributed by atoms with Crippen LogP contribution in [0.4, 0.5) is 0 Å². The zero-order chi connectivity index (χ0) is 14.0. The second-order valence-electron chi connectivity index (χ2n) is 5.17. The van der Waals surface area contributed by atoms with Gasteiger partial charge in [-0.2, -0.15) is 0 Å². The Morgan fingerprint density at radius 3 is 2.80 bits per heavy atom. The summed E-state index contributed by atoms with van der Waals surface area (Å²) < 4.78 is 16.1. The van der Waals surface area contributed by atoms with Crippen LogP contribution in [0.15, 0.2) is 24.3 Å². The first-order valence-electron chi connectivity index (χ1n) is 7.37. The lowest BCUT2D eigenvalue weighted by Crippen LogP contribution is -2.27. The minimum Gasteiger partial charge on any atom is -0.492 e. The third-order valence-electron chi connectivity index (χ3n) is 3.52. The second kappa shape index (κ2) is 8.95. The molecule has 1 aromatic carbocycles. The lowest BCUT2D eigenvalue weighted by molar-refractivity contribution is 0.185. The maximum atomic E-state index is 5.71. The number of benzene rings is 1. The van der Waals surface area contributed by atoms with Crippen molar-refractivity contribution < 1.29 is 14.2 Å². The van der Waals surface area contributed by atoms with Crippen LogP contribution in [0.5, 0.6) is 5.75 Å². The molecule has 20 heavy (non-hydrogen) atoms. The van der Waals surface area contributed by atoms with E-state index < -0.39 is 0 Å². The van der Waals surface area contributed by atoms with E-state index >= 15 is 0 Å². The van der Waals surface area contributed by atoms with Crippen molar-refractivity contribution in [1.82, 2.24) is 5.32 Å². The molecule has 1 unspecified atom stereocenters. The fourth-order valence-electron chi connectivity index (χ4n) is 2.26.